The Bertz CT molecular complexity index is 1680. The van der Waals surface area contributed by atoms with Crippen LogP contribution in [0.1, 0.15) is 27.3 Å². The van der Waals surface area contributed by atoms with Gasteiger partial charge in [0.15, 0.2) is 20.7 Å². The number of rotatable bonds is 7. The maximum absolute atomic E-state index is 13.8. The number of nitrogens with one attached hydrogen (secondary N) is 1. The molecule has 0 aliphatic heterocycles. The summed E-state index contributed by atoms with van der Waals surface area (Å²) in [4.78, 5) is 21.1. The van der Waals surface area contributed by atoms with Crippen molar-refractivity contribution in [3.8, 4) is 11.3 Å². The van der Waals surface area contributed by atoms with Gasteiger partial charge in [0.2, 0.25) is 0 Å². The van der Waals surface area contributed by atoms with Crippen molar-refractivity contribution in [3.05, 3.63) is 59.0 Å². The normalized spacial score (nSPS) is 12.8. The summed E-state index contributed by atoms with van der Waals surface area (Å²) in [5, 5.41) is 14.8. The third kappa shape index (κ3) is 5.65. The summed E-state index contributed by atoms with van der Waals surface area (Å²) in [6.45, 7) is 0.736. The lowest BCUT2D eigenvalue weighted by Gasteiger charge is -2.14. The number of alkyl halides is 6. The smallest absolute Gasteiger partial charge is 0.395 e. The maximum atomic E-state index is 13.8. The van der Waals surface area contributed by atoms with Gasteiger partial charge in [-0.2, -0.15) is 35.7 Å². The zero-order valence-corrected chi connectivity index (χ0v) is 22.0. The number of hydrogen-bond acceptors (Lipinski definition) is 8. The van der Waals surface area contributed by atoms with Crippen LogP contribution in [-0.4, -0.2) is 63.5 Å². The van der Waals surface area contributed by atoms with Crippen molar-refractivity contribution >= 4 is 38.0 Å². The number of hydrogen-bond donors (Lipinski definition) is 2. The first-order valence-electron chi connectivity index (χ1n) is 11.0. The van der Waals surface area contributed by atoms with E-state index in [1.165, 1.54) is 14.0 Å². The molecule has 0 spiro atoms. The first-order valence-corrected chi connectivity index (χ1v) is 13.3. The van der Waals surface area contributed by atoms with Crippen molar-refractivity contribution in [3.63, 3.8) is 0 Å². The number of sulfonamides is 1. The molecule has 1 amide bonds. The number of likely N-dealkylation sites (N-methyl/N-ethyl adjacent to an activating group) is 1. The standard InChI is InChI=1S/C22H18F6N6O4S2/c1-11-19(40(37,38)33(2)7-8-35)39-20(30-11)32-18(36)14-10-29-34-16(22(26,27)28)9-15(31-17(14)34)12-3-5-13(6-4-12)21(23,24)25/h3-6,9-10,35H,7-8H2,1-2H3,(H,30,32,36). The minimum absolute atomic E-state index is 0.0343. The Balaban J connectivity index is 1.74. The number of aliphatic hydroxyl groups excluding tert-OH is 1. The van der Waals surface area contributed by atoms with Gasteiger partial charge >= 0.3 is 12.4 Å². The van der Waals surface area contributed by atoms with Crippen LogP contribution in [0.15, 0.2) is 40.7 Å². The quantitative estimate of drug-likeness (QED) is 0.303. The fourth-order valence-corrected chi connectivity index (χ4v) is 6.30. The number of nitrogens with zero attached hydrogens (tertiary/aromatic N) is 5. The summed E-state index contributed by atoms with van der Waals surface area (Å²) in [7, 11) is -2.82. The van der Waals surface area contributed by atoms with Crippen molar-refractivity contribution in [2.75, 3.05) is 25.5 Å². The summed E-state index contributed by atoms with van der Waals surface area (Å²) in [5.41, 5.74) is -3.75. The molecule has 0 unspecified atom stereocenters. The van der Waals surface area contributed by atoms with E-state index in [9.17, 15) is 39.6 Å². The van der Waals surface area contributed by atoms with Gasteiger partial charge in [-0.05, 0) is 25.1 Å². The number of amides is 1. The van der Waals surface area contributed by atoms with Crippen molar-refractivity contribution in [2.24, 2.45) is 0 Å². The second-order valence-electron chi connectivity index (χ2n) is 8.29. The van der Waals surface area contributed by atoms with Crippen LogP contribution in [0, 0.1) is 6.92 Å². The molecule has 18 heteroatoms. The maximum Gasteiger partial charge on any atom is 0.433 e. The minimum atomic E-state index is -4.97. The lowest BCUT2D eigenvalue weighted by Crippen LogP contribution is -2.29. The number of thiazole rings is 1. The second kappa shape index (κ2) is 10.4. The van der Waals surface area contributed by atoms with Crippen molar-refractivity contribution in [1.82, 2.24) is 23.9 Å². The zero-order valence-electron chi connectivity index (χ0n) is 20.4. The highest BCUT2D eigenvalue weighted by atomic mass is 32.2. The van der Waals surface area contributed by atoms with Crippen LogP contribution in [0.5, 0.6) is 0 Å². The number of aliphatic hydroxyl groups is 1. The Morgan fingerprint density at radius 1 is 1.10 bits per heavy atom. The van der Waals surface area contributed by atoms with Crippen molar-refractivity contribution in [2.45, 2.75) is 23.5 Å². The Labute approximate surface area is 226 Å². The van der Waals surface area contributed by atoms with Gasteiger partial charge in [0, 0.05) is 19.2 Å². The third-order valence-corrected chi connectivity index (χ3v) is 9.07. The Morgan fingerprint density at radius 2 is 1.75 bits per heavy atom. The average Bonchev–Trinajstić information content (AvgIpc) is 3.46. The van der Waals surface area contributed by atoms with E-state index in [-0.39, 0.29) is 32.8 Å². The molecule has 0 atom stereocenters. The van der Waals surface area contributed by atoms with Crippen LogP contribution < -0.4 is 5.32 Å². The Kier molecular flexibility index (Phi) is 7.65. The van der Waals surface area contributed by atoms with Crippen LogP contribution in [0.3, 0.4) is 0 Å². The molecular formula is C22H18F6N6O4S2. The van der Waals surface area contributed by atoms with Gasteiger partial charge in [0.25, 0.3) is 15.9 Å². The summed E-state index contributed by atoms with van der Waals surface area (Å²) < 4.78 is 107. The molecule has 1 aromatic carbocycles. The molecule has 0 aliphatic carbocycles. The minimum Gasteiger partial charge on any atom is -0.395 e. The number of halogens is 6. The monoisotopic (exact) mass is 608 g/mol. The molecule has 2 N–H and O–H groups in total. The molecule has 40 heavy (non-hydrogen) atoms. The van der Waals surface area contributed by atoms with Gasteiger partial charge in [-0.15, -0.1) is 0 Å². The topological polar surface area (TPSA) is 130 Å². The van der Waals surface area contributed by atoms with E-state index in [0.29, 0.717) is 34.1 Å². The predicted octanol–water partition coefficient (Wildman–Crippen LogP) is 4.06. The van der Waals surface area contributed by atoms with Gasteiger partial charge in [-0.3, -0.25) is 10.1 Å². The number of carbonyl (C=O) groups excluding carboxylic acids is 1. The third-order valence-electron chi connectivity index (χ3n) is 5.55. The van der Waals surface area contributed by atoms with E-state index < -0.39 is 57.4 Å². The van der Waals surface area contributed by atoms with Crippen LogP contribution in [0.2, 0.25) is 0 Å². The van der Waals surface area contributed by atoms with Gasteiger partial charge in [-0.25, -0.2) is 22.9 Å². The molecule has 0 saturated heterocycles. The highest BCUT2D eigenvalue weighted by Gasteiger charge is 2.36. The molecule has 0 radical (unpaired) electrons. The van der Waals surface area contributed by atoms with E-state index in [0.717, 1.165) is 22.6 Å². The molecule has 0 aliphatic rings. The summed E-state index contributed by atoms with van der Waals surface area (Å²) in [5.74, 6) is -1.01. The number of anilines is 1. The molecule has 4 rings (SSSR count). The lowest BCUT2D eigenvalue weighted by molar-refractivity contribution is -0.142. The molecule has 0 fully saturated rings. The highest BCUT2D eigenvalue weighted by molar-refractivity contribution is 7.91. The fraction of sp³-hybridized carbons (Fsp3) is 0.273. The lowest BCUT2D eigenvalue weighted by atomic mass is 10.1. The van der Waals surface area contributed by atoms with E-state index in [2.05, 4.69) is 20.4 Å². The van der Waals surface area contributed by atoms with E-state index >= 15 is 0 Å². The SMILES string of the molecule is Cc1nc(NC(=O)c2cnn3c(C(F)(F)F)cc(-c4ccc(C(F)(F)F)cc4)nc23)sc1S(=O)(=O)N(C)CCO. The molecular weight excluding hydrogens is 590 g/mol. The van der Waals surface area contributed by atoms with Crippen molar-refractivity contribution < 1.29 is 44.7 Å². The Morgan fingerprint density at radius 3 is 2.33 bits per heavy atom. The average molecular weight is 609 g/mol. The van der Waals surface area contributed by atoms with E-state index in [1.807, 2.05) is 0 Å². The van der Waals surface area contributed by atoms with Crippen LogP contribution in [0.4, 0.5) is 31.5 Å². The van der Waals surface area contributed by atoms with Gasteiger partial charge < -0.3 is 5.11 Å². The van der Waals surface area contributed by atoms with E-state index in [4.69, 9.17) is 5.11 Å². The molecule has 4 aromatic rings. The highest BCUT2D eigenvalue weighted by Crippen LogP contribution is 2.35. The molecule has 0 bridgehead atoms. The van der Waals surface area contributed by atoms with Gasteiger partial charge in [0.1, 0.15) is 5.56 Å². The van der Waals surface area contributed by atoms with Crippen LogP contribution in [-0.2, 0) is 22.4 Å². The number of aryl methyl sites for hydroxylation is 1. The summed E-state index contributed by atoms with van der Waals surface area (Å²) >= 11 is 0.588. The molecule has 3 aromatic heterocycles. The molecule has 214 valence electrons. The van der Waals surface area contributed by atoms with E-state index in [1.54, 1.807) is 0 Å². The largest absolute Gasteiger partial charge is 0.433 e. The number of fused-ring (bicyclic) bond motifs is 1. The zero-order chi connectivity index (χ0) is 29.6. The fourth-order valence-electron chi connectivity index (χ4n) is 3.55. The number of benzene rings is 1. The predicted molar refractivity (Wildman–Crippen MR) is 130 cm³/mol. The Hall–Kier alpha value is -3.61. The van der Waals surface area contributed by atoms with Gasteiger partial charge in [-0.1, -0.05) is 23.5 Å². The molecule has 10 nitrogen and oxygen atoms in total. The van der Waals surface area contributed by atoms with Crippen LogP contribution in [0.25, 0.3) is 16.9 Å². The molecule has 3 heterocycles. The molecule has 0 saturated carbocycles. The first kappa shape index (κ1) is 29.4. The summed E-state index contributed by atoms with van der Waals surface area (Å²) in [6, 6.07) is 3.87. The van der Waals surface area contributed by atoms with Crippen molar-refractivity contribution in [1.29, 1.82) is 0 Å². The van der Waals surface area contributed by atoms with Gasteiger partial charge in [0.05, 0.1) is 29.8 Å². The second-order valence-corrected chi connectivity index (χ2v) is 11.5. The first-order chi connectivity index (χ1) is 18.5. The number of carbonyl (C=O) groups is 1. The summed E-state index contributed by atoms with van der Waals surface area (Å²) in [6.07, 6.45) is -8.82. The van der Waals surface area contributed by atoms with Crippen LogP contribution >= 0.6 is 11.3 Å². The number of aromatic nitrogens is 4.